The Morgan fingerprint density at radius 1 is 0.864 bits per heavy atom. The van der Waals surface area contributed by atoms with Gasteiger partial charge in [-0.2, -0.15) is 26.3 Å². The van der Waals surface area contributed by atoms with Crippen LogP contribution in [0.2, 0.25) is 0 Å². The van der Waals surface area contributed by atoms with Gasteiger partial charge in [-0.25, -0.2) is 4.39 Å². The minimum absolute atomic E-state index is 0.0248. The zero-order chi connectivity index (χ0) is 32.4. The summed E-state index contributed by atoms with van der Waals surface area (Å²) < 4.78 is 93.9. The van der Waals surface area contributed by atoms with Crippen molar-refractivity contribution in [3.05, 3.63) is 70.5 Å². The number of carbonyl (C=O) groups is 3. The SMILES string of the molecule is CN(Cc1cc(C(F)(F)F)cc(C(F)(F)F)c1)C(=O)[C@@H]1CCN(C(=O)C2CCN(C(=O)CO)CC2)C[C@H]1c1ccc(F)cc1. The van der Waals surface area contributed by atoms with Crippen LogP contribution in [0, 0.1) is 17.7 Å². The Labute approximate surface area is 249 Å². The van der Waals surface area contributed by atoms with E-state index < -0.39 is 66.1 Å². The molecule has 0 bridgehead atoms. The maximum atomic E-state index is 13.7. The van der Waals surface area contributed by atoms with Gasteiger partial charge in [-0.1, -0.05) is 12.1 Å². The highest BCUT2D eigenvalue weighted by Gasteiger charge is 2.41. The van der Waals surface area contributed by atoms with Crippen molar-refractivity contribution in [3.8, 4) is 0 Å². The summed E-state index contributed by atoms with van der Waals surface area (Å²) in [6.07, 6.45) is -9.11. The van der Waals surface area contributed by atoms with Gasteiger partial charge >= 0.3 is 12.4 Å². The van der Waals surface area contributed by atoms with Gasteiger partial charge in [0.2, 0.25) is 17.7 Å². The van der Waals surface area contributed by atoms with Crippen molar-refractivity contribution in [3.63, 3.8) is 0 Å². The number of halogens is 7. The molecule has 240 valence electrons. The van der Waals surface area contributed by atoms with Crippen molar-refractivity contribution < 1.29 is 50.2 Å². The Balaban J connectivity index is 1.53. The number of rotatable bonds is 6. The van der Waals surface area contributed by atoms with Crippen LogP contribution >= 0.6 is 0 Å². The van der Waals surface area contributed by atoms with Gasteiger partial charge in [0, 0.05) is 57.5 Å². The Morgan fingerprint density at radius 2 is 1.41 bits per heavy atom. The Morgan fingerprint density at radius 3 is 1.93 bits per heavy atom. The summed E-state index contributed by atoms with van der Waals surface area (Å²) in [7, 11) is 1.29. The van der Waals surface area contributed by atoms with Gasteiger partial charge in [0.25, 0.3) is 0 Å². The molecule has 2 fully saturated rings. The van der Waals surface area contributed by atoms with Gasteiger partial charge in [-0.05, 0) is 60.7 Å². The molecule has 0 aliphatic carbocycles. The first kappa shape index (κ1) is 33.2. The lowest BCUT2D eigenvalue weighted by Crippen LogP contribution is -2.51. The van der Waals surface area contributed by atoms with Crippen molar-refractivity contribution in [1.82, 2.24) is 14.7 Å². The highest BCUT2D eigenvalue weighted by molar-refractivity contribution is 5.83. The molecule has 0 spiro atoms. The standard InChI is InChI=1S/C30H32F7N3O4/c1-38(15-18-12-21(29(32,33)34)14-22(13-18)30(35,36)37)28(44)24-8-11-40(16-25(24)19-2-4-23(31)5-3-19)27(43)20-6-9-39(10-7-20)26(42)17-41/h2-5,12-14,20,24-25,41H,6-11,15-17H2,1H3/t24-,25+/m1/s1. The molecule has 2 saturated heterocycles. The molecule has 4 rings (SSSR count). The van der Waals surface area contributed by atoms with Crippen molar-refractivity contribution in [2.24, 2.45) is 11.8 Å². The van der Waals surface area contributed by atoms with Gasteiger partial charge < -0.3 is 19.8 Å². The largest absolute Gasteiger partial charge is 0.416 e. The van der Waals surface area contributed by atoms with Crippen molar-refractivity contribution in [2.75, 3.05) is 39.8 Å². The summed E-state index contributed by atoms with van der Waals surface area (Å²) in [6, 6.07) is 6.56. The molecule has 0 unspecified atom stereocenters. The van der Waals surface area contributed by atoms with E-state index in [-0.39, 0.29) is 43.0 Å². The Hall–Kier alpha value is -3.68. The van der Waals surface area contributed by atoms with Crippen LogP contribution in [-0.2, 0) is 33.3 Å². The average Bonchev–Trinajstić information content (AvgIpc) is 2.99. The molecule has 2 aliphatic rings. The van der Waals surface area contributed by atoms with Crippen LogP contribution < -0.4 is 0 Å². The third-order valence-electron chi connectivity index (χ3n) is 8.32. The zero-order valence-corrected chi connectivity index (χ0v) is 23.8. The Bertz CT molecular complexity index is 1320. The summed E-state index contributed by atoms with van der Waals surface area (Å²) in [5, 5.41) is 9.09. The van der Waals surface area contributed by atoms with Gasteiger partial charge in [0.05, 0.1) is 11.1 Å². The maximum Gasteiger partial charge on any atom is 0.416 e. The molecule has 0 aromatic heterocycles. The van der Waals surface area contributed by atoms with Gasteiger partial charge in [-0.3, -0.25) is 14.4 Å². The van der Waals surface area contributed by atoms with Gasteiger partial charge in [0.1, 0.15) is 12.4 Å². The number of aliphatic hydroxyl groups is 1. The summed E-state index contributed by atoms with van der Waals surface area (Å²) in [6.45, 7) is -0.257. The van der Waals surface area contributed by atoms with Crippen LogP contribution in [0.25, 0.3) is 0 Å². The number of hydrogen-bond acceptors (Lipinski definition) is 4. The monoisotopic (exact) mass is 631 g/mol. The molecule has 7 nitrogen and oxygen atoms in total. The van der Waals surface area contributed by atoms with E-state index in [1.54, 1.807) is 4.90 Å². The number of nitrogens with zero attached hydrogens (tertiary/aromatic N) is 3. The molecule has 2 aromatic rings. The van der Waals surface area contributed by atoms with E-state index in [0.717, 1.165) is 4.90 Å². The van der Waals surface area contributed by atoms with E-state index in [0.29, 0.717) is 43.6 Å². The van der Waals surface area contributed by atoms with Crippen molar-refractivity contribution >= 4 is 17.7 Å². The predicted octanol–water partition coefficient (Wildman–Crippen LogP) is 4.68. The minimum Gasteiger partial charge on any atom is -0.387 e. The summed E-state index contributed by atoms with van der Waals surface area (Å²) in [5.41, 5.74) is -2.76. The summed E-state index contributed by atoms with van der Waals surface area (Å²) >= 11 is 0. The van der Waals surface area contributed by atoms with E-state index in [9.17, 15) is 45.1 Å². The predicted molar refractivity (Wildman–Crippen MR) is 143 cm³/mol. The van der Waals surface area contributed by atoms with E-state index in [4.69, 9.17) is 5.11 Å². The van der Waals surface area contributed by atoms with Crippen LogP contribution in [0.4, 0.5) is 30.7 Å². The van der Waals surface area contributed by atoms with Crippen LogP contribution in [0.3, 0.4) is 0 Å². The number of hydrogen-bond donors (Lipinski definition) is 1. The van der Waals surface area contributed by atoms with E-state index in [1.165, 1.54) is 36.2 Å². The van der Waals surface area contributed by atoms with E-state index >= 15 is 0 Å². The fourth-order valence-corrected chi connectivity index (χ4v) is 5.98. The van der Waals surface area contributed by atoms with Crippen LogP contribution in [0.15, 0.2) is 42.5 Å². The van der Waals surface area contributed by atoms with Gasteiger partial charge in [-0.15, -0.1) is 0 Å². The summed E-state index contributed by atoms with van der Waals surface area (Å²) in [5.74, 6) is -3.44. The average molecular weight is 632 g/mol. The second kappa shape index (κ2) is 13.1. The number of piperidine rings is 2. The molecule has 2 aliphatic heterocycles. The minimum atomic E-state index is -5.03. The number of alkyl halides is 6. The fourth-order valence-electron chi connectivity index (χ4n) is 5.98. The third-order valence-corrected chi connectivity index (χ3v) is 8.32. The highest BCUT2D eigenvalue weighted by Crippen LogP contribution is 2.38. The first-order valence-electron chi connectivity index (χ1n) is 14.0. The number of amides is 3. The quantitative estimate of drug-likeness (QED) is 0.470. The molecular formula is C30H32F7N3O4. The number of benzene rings is 2. The molecule has 2 aromatic carbocycles. The molecule has 0 saturated carbocycles. The highest BCUT2D eigenvalue weighted by atomic mass is 19.4. The van der Waals surface area contributed by atoms with Crippen LogP contribution in [-0.4, -0.2) is 77.4 Å². The number of aliphatic hydroxyl groups excluding tert-OH is 1. The van der Waals surface area contributed by atoms with Crippen molar-refractivity contribution in [2.45, 2.75) is 44.1 Å². The first-order chi connectivity index (χ1) is 20.6. The lowest BCUT2D eigenvalue weighted by Gasteiger charge is -2.41. The molecule has 14 heteroatoms. The molecule has 1 N–H and O–H groups in total. The lowest BCUT2D eigenvalue weighted by atomic mass is 9.79. The zero-order valence-electron chi connectivity index (χ0n) is 23.8. The van der Waals surface area contributed by atoms with Crippen molar-refractivity contribution in [1.29, 1.82) is 0 Å². The molecule has 0 radical (unpaired) electrons. The van der Waals surface area contributed by atoms with E-state index in [2.05, 4.69) is 0 Å². The second-order valence-corrected chi connectivity index (χ2v) is 11.3. The molecule has 2 heterocycles. The van der Waals surface area contributed by atoms with E-state index in [1.807, 2.05) is 0 Å². The molecular weight excluding hydrogens is 599 g/mol. The third kappa shape index (κ3) is 7.69. The first-order valence-corrected chi connectivity index (χ1v) is 14.0. The summed E-state index contributed by atoms with van der Waals surface area (Å²) in [4.78, 5) is 43.0. The topological polar surface area (TPSA) is 81.2 Å². The normalized spacial score (nSPS) is 20.0. The maximum absolute atomic E-state index is 13.7. The van der Waals surface area contributed by atoms with Crippen LogP contribution in [0.5, 0.6) is 0 Å². The molecule has 3 amide bonds. The van der Waals surface area contributed by atoms with Crippen LogP contribution in [0.1, 0.15) is 47.4 Å². The number of carbonyl (C=O) groups excluding carboxylic acids is 3. The Kier molecular flexibility index (Phi) is 9.91. The fraction of sp³-hybridized carbons (Fsp3) is 0.500. The smallest absolute Gasteiger partial charge is 0.387 e. The molecule has 44 heavy (non-hydrogen) atoms. The number of likely N-dealkylation sites (tertiary alicyclic amines) is 2. The lowest BCUT2D eigenvalue weighted by molar-refractivity contribution is -0.145. The molecule has 2 atom stereocenters. The second-order valence-electron chi connectivity index (χ2n) is 11.3. The van der Waals surface area contributed by atoms with Gasteiger partial charge in [0.15, 0.2) is 0 Å².